The van der Waals surface area contributed by atoms with Crippen molar-refractivity contribution in [3.63, 3.8) is 0 Å². The molecule has 5 nitrogen and oxygen atoms in total. The number of aliphatic hydroxyl groups is 2. The molecular weight excluding hydrogens is 267 g/mol. The van der Waals surface area contributed by atoms with Crippen molar-refractivity contribution in [3.8, 4) is 0 Å². The van der Waals surface area contributed by atoms with Crippen molar-refractivity contribution in [2.75, 3.05) is 39.8 Å². The number of carbonyl (C=O) groups is 1. The highest BCUT2D eigenvalue weighted by Gasteiger charge is 2.05. The maximum Gasteiger partial charge on any atom is 0.508 e. The summed E-state index contributed by atoms with van der Waals surface area (Å²) in [4.78, 5) is 10.4. The third-order valence-corrected chi connectivity index (χ3v) is 2.04. The zero-order valence-corrected chi connectivity index (χ0v) is 13.2. The van der Waals surface area contributed by atoms with Gasteiger partial charge in [-0.3, -0.25) is 0 Å². The zero-order valence-electron chi connectivity index (χ0n) is 12.2. The number of ether oxygens (including phenoxy) is 2. The van der Waals surface area contributed by atoms with Gasteiger partial charge in [0.2, 0.25) is 0 Å². The number of unbranched alkanes of at least 4 members (excludes halogenated alkanes) is 2. The van der Waals surface area contributed by atoms with Crippen molar-refractivity contribution in [2.24, 2.45) is 0 Å². The Morgan fingerprint density at radius 1 is 0.947 bits per heavy atom. The minimum Gasteiger partial charge on any atom is -0.434 e. The molecule has 1 saturated heterocycles. The van der Waals surface area contributed by atoms with E-state index in [-0.39, 0.29) is 13.2 Å². The molecule has 1 fully saturated rings. The fourth-order valence-corrected chi connectivity index (χ4v) is 1.13. The van der Waals surface area contributed by atoms with Crippen LogP contribution in [0.2, 0.25) is 0 Å². The van der Waals surface area contributed by atoms with Crippen LogP contribution in [0.25, 0.3) is 0 Å². The number of cyclic esters (lactones) is 2. The second-order valence-corrected chi connectivity index (χ2v) is 5.02. The molecule has 0 atom stereocenters. The van der Waals surface area contributed by atoms with E-state index in [0.717, 1.165) is 47.1 Å². The van der Waals surface area contributed by atoms with Crippen LogP contribution < -0.4 is 0 Å². The third kappa shape index (κ3) is 23.2. The van der Waals surface area contributed by atoms with Gasteiger partial charge in [-0.2, -0.15) is 0 Å². The summed E-state index contributed by atoms with van der Waals surface area (Å²) < 4.78 is 9.24. The first-order chi connectivity index (χ1) is 9.22. The average molecular weight is 296 g/mol. The molecule has 116 valence electrons. The Bertz CT molecular complexity index is 164. The monoisotopic (exact) mass is 296 g/mol. The van der Waals surface area contributed by atoms with Crippen LogP contribution >= 0.6 is 8.58 Å². The largest absolute Gasteiger partial charge is 0.508 e. The molecule has 0 amide bonds. The fourth-order valence-electron chi connectivity index (χ4n) is 1.13. The van der Waals surface area contributed by atoms with Crippen LogP contribution in [0.1, 0.15) is 38.5 Å². The van der Waals surface area contributed by atoms with Crippen molar-refractivity contribution in [2.45, 2.75) is 38.5 Å². The topological polar surface area (TPSA) is 76.0 Å². The fraction of sp³-hybridized carbons (Fsp3) is 0.923. The van der Waals surface area contributed by atoms with Crippen molar-refractivity contribution >= 4 is 14.7 Å². The molecule has 0 radical (unpaired) electrons. The van der Waals surface area contributed by atoms with Gasteiger partial charge in [-0.05, 0) is 51.9 Å². The van der Waals surface area contributed by atoms with Gasteiger partial charge >= 0.3 is 6.16 Å². The smallest absolute Gasteiger partial charge is 0.434 e. The lowest BCUT2D eigenvalue weighted by Gasteiger charge is -2.09. The first-order valence-corrected chi connectivity index (χ1v) is 8.82. The Hall–Kier alpha value is -0.380. The van der Waals surface area contributed by atoms with Gasteiger partial charge in [0, 0.05) is 13.2 Å². The van der Waals surface area contributed by atoms with Crippen molar-refractivity contribution in [1.82, 2.24) is 0 Å². The minimum absolute atomic E-state index is 0.250. The van der Waals surface area contributed by atoms with E-state index in [2.05, 4.69) is 22.8 Å². The normalized spacial score (nSPS) is 14.4. The van der Waals surface area contributed by atoms with Crippen molar-refractivity contribution in [1.29, 1.82) is 0 Å². The van der Waals surface area contributed by atoms with E-state index >= 15 is 0 Å². The highest BCUT2D eigenvalue weighted by atomic mass is 31.1. The van der Waals surface area contributed by atoms with Crippen molar-refractivity contribution in [3.05, 3.63) is 0 Å². The van der Waals surface area contributed by atoms with Crippen LogP contribution in [0, 0.1) is 0 Å². The second kappa shape index (κ2) is 19.9. The molecule has 0 aromatic heterocycles. The molecule has 6 heteroatoms. The lowest BCUT2D eigenvalue weighted by Crippen LogP contribution is -2.12. The van der Waals surface area contributed by atoms with Gasteiger partial charge in [0.15, 0.2) is 0 Å². The standard InChI is InChI=1S/C6H10O3.C5H12O2.C2H7P/c7-6-8-4-2-1-3-5-9-6;6-4-2-1-3-5-7;1-3-2/h1-5H2;6-7H,1-5H2;3H,1-2H3. The molecule has 19 heavy (non-hydrogen) atoms. The minimum atomic E-state index is -0.519. The molecular formula is C13H29O5P. The van der Waals surface area contributed by atoms with E-state index < -0.39 is 6.16 Å². The van der Waals surface area contributed by atoms with Crippen LogP contribution in [0.4, 0.5) is 4.79 Å². The summed E-state index contributed by atoms with van der Waals surface area (Å²) in [5.74, 6) is 0. The summed E-state index contributed by atoms with van der Waals surface area (Å²) >= 11 is 0. The van der Waals surface area contributed by atoms with Gasteiger partial charge in [-0.25, -0.2) is 4.79 Å². The zero-order chi connectivity index (χ0) is 14.8. The molecule has 0 spiro atoms. The Kier molecular flexibility index (Phi) is 22.0. The van der Waals surface area contributed by atoms with E-state index in [9.17, 15) is 4.79 Å². The molecule has 0 aliphatic carbocycles. The Labute approximate surface area is 118 Å². The van der Waals surface area contributed by atoms with Gasteiger partial charge < -0.3 is 19.7 Å². The number of hydrogen-bond acceptors (Lipinski definition) is 5. The molecule has 1 heterocycles. The van der Waals surface area contributed by atoms with Gasteiger partial charge in [-0.1, -0.05) is 0 Å². The first kappa shape index (κ1) is 20.9. The maximum absolute atomic E-state index is 10.4. The van der Waals surface area contributed by atoms with E-state index in [1.165, 1.54) is 0 Å². The molecule has 0 bridgehead atoms. The maximum atomic E-state index is 10.4. The quantitative estimate of drug-likeness (QED) is 0.473. The van der Waals surface area contributed by atoms with Gasteiger partial charge in [-0.15, -0.1) is 8.58 Å². The number of aliphatic hydroxyl groups excluding tert-OH is 2. The molecule has 2 N–H and O–H groups in total. The highest BCUT2D eigenvalue weighted by Crippen LogP contribution is 2.01. The predicted octanol–water partition coefficient (Wildman–Crippen LogP) is 2.39. The van der Waals surface area contributed by atoms with Gasteiger partial charge in [0.05, 0.1) is 13.2 Å². The van der Waals surface area contributed by atoms with Crippen LogP contribution in [0.5, 0.6) is 0 Å². The number of rotatable bonds is 4. The molecule has 1 aliphatic rings. The summed E-state index contributed by atoms with van der Waals surface area (Å²) in [5, 5.41) is 16.4. The Morgan fingerprint density at radius 2 is 1.37 bits per heavy atom. The Balaban J connectivity index is 0. The van der Waals surface area contributed by atoms with E-state index in [4.69, 9.17) is 10.2 Å². The number of carbonyl (C=O) groups excluding carboxylic acids is 1. The molecule has 0 unspecified atom stereocenters. The van der Waals surface area contributed by atoms with Crippen LogP contribution in [-0.4, -0.2) is 56.1 Å². The average Bonchev–Trinajstić information content (AvgIpc) is 2.36. The lowest BCUT2D eigenvalue weighted by molar-refractivity contribution is 0.0435. The van der Waals surface area contributed by atoms with Crippen LogP contribution in [-0.2, 0) is 9.47 Å². The van der Waals surface area contributed by atoms with Gasteiger partial charge in [0.1, 0.15) is 0 Å². The van der Waals surface area contributed by atoms with Crippen molar-refractivity contribution < 1.29 is 24.5 Å². The SMILES string of the molecule is CPC.O=C1OCCCCCO1.OCCCCCO. The molecule has 0 aromatic rings. The molecule has 0 saturated carbocycles. The van der Waals surface area contributed by atoms with Crippen LogP contribution in [0.15, 0.2) is 0 Å². The lowest BCUT2D eigenvalue weighted by atomic mass is 10.2. The van der Waals surface area contributed by atoms with E-state index in [1.54, 1.807) is 0 Å². The summed E-state index contributed by atoms with van der Waals surface area (Å²) in [5.41, 5.74) is 0. The van der Waals surface area contributed by atoms with E-state index in [1.807, 2.05) is 0 Å². The van der Waals surface area contributed by atoms with Gasteiger partial charge in [0.25, 0.3) is 0 Å². The third-order valence-electron chi connectivity index (χ3n) is 2.04. The first-order valence-electron chi connectivity index (χ1n) is 6.82. The summed E-state index contributed by atoms with van der Waals surface area (Å²) in [6, 6.07) is 0. The molecule has 1 rings (SSSR count). The van der Waals surface area contributed by atoms with Crippen LogP contribution in [0.3, 0.4) is 0 Å². The number of hydrogen-bond donors (Lipinski definition) is 2. The Morgan fingerprint density at radius 3 is 1.74 bits per heavy atom. The molecule has 0 aromatic carbocycles. The summed E-state index contributed by atoms with van der Waals surface area (Å²) in [6.07, 6.45) is 5.08. The predicted molar refractivity (Wildman–Crippen MR) is 79.3 cm³/mol. The molecule has 1 aliphatic heterocycles. The van der Waals surface area contributed by atoms with E-state index in [0.29, 0.717) is 13.2 Å². The highest BCUT2D eigenvalue weighted by molar-refractivity contribution is 7.35. The summed E-state index contributed by atoms with van der Waals surface area (Å²) in [7, 11) is 1.08. The summed E-state index contributed by atoms with van der Waals surface area (Å²) in [6.45, 7) is 5.83. The second-order valence-electron chi connectivity index (χ2n) is 4.02.